The lowest BCUT2D eigenvalue weighted by Gasteiger charge is -2.12. The van der Waals surface area contributed by atoms with Gasteiger partial charge in [0.2, 0.25) is 0 Å². The SMILES string of the molecule is CCCCCCOc1cnc(OC(=O)CCC(C)CC)nc1-c1ccccc1. The summed E-state index contributed by atoms with van der Waals surface area (Å²) in [5.41, 5.74) is 1.56. The van der Waals surface area contributed by atoms with E-state index in [0.717, 1.165) is 31.2 Å². The van der Waals surface area contributed by atoms with E-state index in [1.54, 1.807) is 6.20 Å². The fraction of sp³-hybridized carbons (Fsp3) is 0.522. The Kier molecular flexibility index (Phi) is 9.46. The lowest BCUT2D eigenvalue weighted by Crippen LogP contribution is -2.12. The molecule has 0 aliphatic rings. The third-order valence-electron chi connectivity index (χ3n) is 4.78. The minimum atomic E-state index is -0.299. The summed E-state index contributed by atoms with van der Waals surface area (Å²) in [5, 5.41) is 0. The van der Waals surface area contributed by atoms with Crippen LogP contribution in [0.4, 0.5) is 0 Å². The van der Waals surface area contributed by atoms with Gasteiger partial charge in [-0.25, -0.2) is 0 Å². The van der Waals surface area contributed by atoms with Crippen LogP contribution in [0.25, 0.3) is 11.3 Å². The molecule has 1 aromatic carbocycles. The third kappa shape index (κ3) is 7.29. The van der Waals surface area contributed by atoms with Gasteiger partial charge in [0, 0.05) is 12.0 Å². The summed E-state index contributed by atoms with van der Waals surface area (Å²) in [7, 11) is 0. The number of rotatable bonds is 12. The van der Waals surface area contributed by atoms with E-state index < -0.39 is 0 Å². The van der Waals surface area contributed by atoms with E-state index in [0.29, 0.717) is 30.4 Å². The minimum Gasteiger partial charge on any atom is -0.490 e. The molecule has 0 saturated carbocycles. The highest BCUT2D eigenvalue weighted by Crippen LogP contribution is 2.29. The number of hydrogen-bond acceptors (Lipinski definition) is 5. The molecule has 1 unspecified atom stereocenters. The van der Waals surface area contributed by atoms with Crippen LogP contribution in [0.2, 0.25) is 0 Å². The Hall–Kier alpha value is -2.43. The van der Waals surface area contributed by atoms with Crippen molar-refractivity contribution in [3.63, 3.8) is 0 Å². The predicted octanol–water partition coefficient (Wildman–Crippen LogP) is 5.83. The zero-order valence-electron chi connectivity index (χ0n) is 17.3. The van der Waals surface area contributed by atoms with Gasteiger partial charge in [-0.3, -0.25) is 4.79 Å². The van der Waals surface area contributed by atoms with E-state index in [-0.39, 0.29) is 12.0 Å². The average Bonchev–Trinajstić information content (AvgIpc) is 2.73. The van der Waals surface area contributed by atoms with E-state index in [1.807, 2.05) is 30.3 Å². The van der Waals surface area contributed by atoms with Crippen molar-refractivity contribution in [1.29, 1.82) is 0 Å². The first-order valence-corrected chi connectivity index (χ1v) is 10.4. The number of aromatic nitrogens is 2. The maximum absolute atomic E-state index is 12.1. The van der Waals surface area contributed by atoms with Gasteiger partial charge in [0.25, 0.3) is 0 Å². The number of hydrogen-bond donors (Lipinski definition) is 0. The van der Waals surface area contributed by atoms with E-state index in [4.69, 9.17) is 9.47 Å². The van der Waals surface area contributed by atoms with Crippen LogP contribution >= 0.6 is 0 Å². The van der Waals surface area contributed by atoms with Gasteiger partial charge >= 0.3 is 12.0 Å². The first-order chi connectivity index (χ1) is 13.6. The van der Waals surface area contributed by atoms with Crippen LogP contribution in [0.1, 0.15) is 65.7 Å². The molecule has 0 N–H and O–H groups in total. The lowest BCUT2D eigenvalue weighted by atomic mass is 10.0. The Bertz CT molecular complexity index is 719. The molecule has 28 heavy (non-hydrogen) atoms. The Labute approximate surface area is 168 Å². The number of benzene rings is 1. The second-order valence-corrected chi connectivity index (χ2v) is 7.17. The van der Waals surface area contributed by atoms with Gasteiger partial charge in [-0.15, -0.1) is 0 Å². The molecule has 1 aromatic heterocycles. The Morgan fingerprint density at radius 3 is 2.61 bits per heavy atom. The van der Waals surface area contributed by atoms with Crippen molar-refractivity contribution in [3.8, 4) is 23.0 Å². The highest BCUT2D eigenvalue weighted by molar-refractivity contribution is 5.72. The normalized spacial score (nSPS) is 11.8. The molecule has 0 aliphatic heterocycles. The van der Waals surface area contributed by atoms with Crippen molar-refractivity contribution < 1.29 is 14.3 Å². The lowest BCUT2D eigenvalue weighted by molar-refractivity contribution is -0.135. The van der Waals surface area contributed by atoms with Crippen molar-refractivity contribution in [2.45, 2.75) is 65.7 Å². The molecule has 1 heterocycles. The predicted molar refractivity (Wildman–Crippen MR) is 111 cm³/mol. The molecule has 2 aromatic rings. The number of ether oxygens (including phenoxy) is 2. The van der Waals surface area contributed by atoms with Crippen LogP contribution in [0.15, 0.2) is 36.5 Å². The van der Waals surface area contributed by atoms with Gasteiger partial charge in [-0.1, -0.05) is 76.8 Å². The molecule has 0 spiro atoms. The van der Waals surface area contributed by atoms with Crippen molar-refractivity contribution in [1.82, 2.24) is 9.97 Å². The maximum Gasteiger partial charge on any atom is 0.325 e. The molecule has 5 nitrogen and oxygen atoms in total. The Morgan fingerprint density at radius 2 is 1.89 bits per heavy atom. The van der Waals surface area contributed by atoms with Gasteiger partial charge < -0.3 is 9.47 Å². The number of nitrogens with zero attached hydrogens (tertiary/aromatic N) is 2. The quantitative estimate of drug-likeness (QED) is 0.340. The van der Waals surface area contributed by atoms with E-state index in [2.05, 4.69) is 30.7 Å². The summed E-state index contributed by atoms with van der Waals surface area (Å²) in [6.45, 7) is 7.05. The smallest absolute Gasteiger partial charge is 0.325 e. The molecule has 0 bridgehead atoms. The minimum absolute atomic E-state index is 0.0753. The largest absolute Gasteiger partial charge is 0.490 e. The summed E-state index contributed by atoms with van der Waals surface area (Å²) < 4.78 is 11.3. The number of unbranched alkanes of at least 4 members (excludes halogenated alkanes) is 3. The third-order valence-corrected chi connectivity index (χ3v) is 4.78. The summed E-state index contributed by atoms with van der Waals surface area (Å²) in [4.78, 5) is 20.8. The topological polar surface area (TPSA) is 61.3 Å². The molecule has 2 rings (SSSR count). The second-order valence-electron chi connectivity index (χ2n) is 7.17. The summed E-state index contributed by atoms with van der Waals surface area (Å²) >= 11 is 0. The summed E-state index contributed by atoms with van der Waals surface area (Å²) in [6.07, 6.45) is 8.36. The highest BCUT2D eigenvalue weighted by atomic mass is 16.5. The molecule has 0 fully saturated rings. The van der Waals surface area contributed by atoms with Gasteiger partial charge in [-0.05, 0) is 18.8 Å². The van der Waals surface area contributed by atoms with E-state index in [9.17, 15) is 4.79 Å². The van der Waals surface area contributed by atoms with Crippen LogP contribution in [-0.2, 0) is 4.79 Å². The highest BCUT2D eigenvalue weighted by Gasteiger charge is 2.15. The fourth-order valence-electron chi connectivity index (χ4n) is 2.74. The first kappa shape index (κ1) is 21.9. The van der Waals surface area contributed by atoms with Crippen LogP contribution in [0, 0.1) is 5.92 Å². The maximum atomic E-state index is 12.1. The van der Waals surface area contributed by atoms with Gasteiger partial charge in [0.1, 0.15) is 5.69 Å². The Balaban J connectivity index is 2.08. The molecule has 152 valence electrons. The molecule has 5 heteroatoms. The molecular weight excluding hydrogens is 352 g/mol. The van der Waals surface area contributed by atoms with E-state index in [1.165, 1.54) is 12.8 Å². The number of carbonyl (C=O) groups excluding carboxylic acids is 1. The van der Waals surface area contributed by atoms with Crippen LogP contribution in [-0.4, -0.2) is 22.5 Å². The fourth-order valence-corrected chi connectivity index (χ4v) is 2.74. The molecule has 0 saturated heterocycles. The zero-order chi connectivity index (χ0) is 20.2. The number of carbonyl (C=O) groups is 1. The summed E-state index contributed by atoms with van der Waals surface area (Å²) in [5.74, 6) is 0.812. The molecule has 1 atom stereocenters. The molecule has 0 amide bonds. The number of esters is 1. The Morgan fingerprint density at radius 1 is 1.11 bits per heavy atom. The van der Waals surface area contributed by atoms with Crippen LogP contribution in [0.5, 0.6) is 11.8 Å². The standard InChI is InChI=1S/C23H32N2O3/c1-4-6-7-11-16-27-20-17-24-23(28-21(26)15-14-18(3)5-2)25-22(20)19-12-9-8-10-13-19/h8-10,12-13,17-18H,4-7,11,14-16H2,1-3H3. The summed E-state index contributed by atoms with van der Waals surface area (Å²) in [6, 6.07) is 9.83. The second kappa shape index (κ2) is 12.1. The monoisotopic (exact) mass is 384 g/mol. The van der Waals surface area contributed by atoms with Gasteiger partial charge in [0.05, 0.1) is 12.8 Å². The van der Waals surface area contributed by atoms with Crippen molar-refractivity contribution in [2.24, 2.45) is 5.92 Å². The molecule has 0 aliphatic carbocycles. The molecular formula is C23H32N2O3. The van der Waals surface area contributed by atoms with Gasteiger partial charge in [-0.2, -0.15) is 9.97 Å². The van der Waals surface area contributed by atoms with Crippen LogP contribution < -0.4 is 9.47 Å². The van der Waals surface area contributed by atoms with Crippen molar-refractivity contribution in [2.75, 3.05) is 6.61 Å². The van der Waals surface area contributed by atoms with Crippen molar-refractivity contribution in [3.05, 3.63) is 36.5 Å². The van der Waals surface area contributed by atoms with Crippen molar-refractivity contribution >= 4 is 5.97 Å². The van der Waals surface area contributed by atoms with Gasteiger partial charge in [0.15, 0.2) is 5.75 Å². The van der Waals surface area contributed by atoms with Crippen LogP contribution in [0.3, 0.4) is 0 Å². The molecule has 0 radical (unpaired) electrons. The average molecular weight is 385 g/mol. The van der Waals surface area contributed by atoms with E-state index >= 15 is 0 Å². The first-order valence-electron chi connectivity index (χ1n) is 10.4. The zero-order valence-corrected chi connectivity index (χ0v) is 17.3.